The van der Waals surface area contributed by atoms with Crippen LogP contribution in [-0.2, 0) is 28.9 Å². The minimum absolute atomic E-state index is 0.00410. The van der Waals surface area contributed by atoms with Crippen molar-refractivity contribution in [3.05, 3.63) is 102 Å². The molecule has 40 heavy (non-hydrogen) atoms. The molecule has 0 spiro atoms. The monoisotopic (exact) mass is 563 g/mol. The fraction of sp³-hybridized carbons (Fsp3) is 0.241. The van der Waals surface area contributed by atoms with Crippen LogP contribution in [-0.4, -0.2) is 52.5 Å². The molecule has 0 aliphatic carbocycles. The van der Waals surface area contributed by atoms with E-state index < -0.39 is 15.4 Å². The number of methoxy groups -OCH3 is 1. The van der Waals surface area contributed by atoms with Crippen LogP contribution >= 0.6 is 0 Å². The maximum absolute atomic E-state index is 13.7. The standard InChI is InChI=1S/C29H27F2N5O3S/c1-34-13-11-28(33-34)40(37,38)35-14-12-29(19-35,17-20-3-5-22(30)6-4-20)25-15-21-18-32-36(26(21)16-27(25)39-2)24-9-7-23(31)8-10-24/h3-11,13,15-16,18H,12,14,17,19H2,1-2H3. The largest absolute Gasteiger partial charge is 0.496 e. The summed E-state index contributed by atoms with van der Waals surface area (Å²) in [7, 11) is -0.590. The lowest BCUT2D eigenvalue weighted by atomic mass is 9.74. The number of nitrogens with zero attached hydrogens (tertiary/aromatic N) is 5. The first-order valence-electron chi connectivity index (χ1n) is 12.7. The molecule has 206 valence electrons. The molecule has 1 aliphatic rings. The molecule has 1 aliphatic heterocycles. The Kier molecular flexibility index (Phi) is 6.42. The number of fused-ring (bicyclic) bond motifs is 1. The molecule has 0 N–H and O–H groups in total. The molecule has 0 saturated carbocycles. The van der Waals surface area contributed by atoms with E-state index in [9.17, 15) is 17.2 Å². The zero-order valence-electron chi connectivity index (χ0n) is 22.0. The zero-order chi connectivity index (χ0) is 28.1. The van der Waals surface area contributed by atoms with Gasteiger partial charge in [0.1, 0.15) is 17.4 Å². The summed E-state index contributed by atoms with van der Waals surface area (Å²) in [6.07, 6.45) is 4.31. The maximum Gasteiger partial charge on any atom is 0.262 e. The smallest absolute Gasteiger partial charge is 0.262 e. The Morgan fingerprint density at radius 1 is 1.00 bits per heavy atom. The van der Waals surface area contributed by atoms with Crippen LogP contribution in [0.3, 0.4) is 0 Å². The van der Waals surface area contributed by atoms with E-state index in [0.717, 1.165) is 22.0 Å². The van der Waals surface area contributed by atoms with Gasteiger partial charge in [-0.2, -0.15) is 14.5 Å². The molecular formula is C29H27F2N5O3S. The predicted molar refractivity (Wildman–Crippen MR) is 146 cm³/mol. The third-order valence-corrected chi connectivity index (χ3v) is 9.34. The van der Waals surface area contributed by atoms with Gasteiger partial charge >= 0.3 is 0 Å². The van der Waals surface area contributed by atoms with E-state index in [-0.39, 0.29) is 29.7 Å². The average Bonchev–Trinajstić information content (AvgIpc) is 3.69. The van der Waals surface area contributed by atoms with E-state index in [0.29, 0.717) is 24.3 Å². The van der Waals surface area contributed by atoms with Crippen molar-refractivity contribution in [3.63, 3.8) is 0 Å². The first-order valence-corrected chi connectivity index (χ1v) is 14.2. The summed E-state index contributed by atoms with van der Waals surface area (Å²) in [5.41, 5.74) is 2.50. The van der Waals surface area contributed by atoms with Crippen LogP contribution in [0.1, 0.15) is 17.5 Å². The first-order chi connectivity index (χ1) is 19.2. The van der Waals surface area contributed by atoms with Gasteiger partial charge in [-0.15, -0.1) is 0 Å². The molecule has 0 radical (unpaired) electrons. The Hall–Kier alpha value is -4.09. The number of aryl methyl sites for hydroxylation is 1. The first kappa shape index (κ1) is 26.1. The molecule has 11 heteroatoms. The number of hydrogen-bond acceptors (Lipinski definition) is 5. The lowest BCUT2D eigenvalue weighted by molar-refractivity contribution is 0.370. The lowest BCUT2D eigenvalue weighted by Crippen LogP contribution is -2.36. The van der Waals surface area contributed by atoms with Gasteiger partial charge in [0, 0.05) is 48.8 Å². The SMILES string of the molecule is COc1cc2c(cnn2-c2ccc(F)cc2)cc1C1(Cc2ccc(F)cc2)CCN(S(=O)(=O)c2ccn(C)n2)C1. The molecule has 5 aromatic rings. The van der Waals surface area contributed by atoms with Gasteiger partial charge in [0.05, 0.1) is 24.5 Å². The van der Waals surface area contributed by atoms with Crippen molar-refractivity contribution in [3.8, 4) is 11.4 Å². The Labute approximate surface area is 230 Å². The van der Waals surface area contributed by atoms with Gasteiger partial charge < -0.3 is 4.74 Å². The fourth-order valence-electron chi connectivity index (χ4n) is 5.58. The van der Waals surface area contributed by atoms with E-state index in [1.807, 2.05) is 12.1 Å². The molecule has 8 nitrogen and oxygen atoms in total. The minimum Gasteiger partial charge on any atom is -0.496 e. The number of ether oxygens (including phenoxy) is 1. The third kappa shape index (κ3) is 4.54. The maximum atomic E-state index is 13.7. The summed E-state index contributed by atoms with van der Waals surface area (Å²) in [5, 5.41) is 9.49. The fourth-order valence-corrected chi connectivity index (χ4v) is 7.06. The lowest BCUT2D eigenvalue weighted by Gasteiger charge is -2.32. The van der Waals surface area contributed by atoms with Crippen LogP contribution in [0, 0.1) is 11.6 Å². The molecule has 1 saturated heterocycles. The molecule has 1 atom stereocenters. The molecule has 6 rings (SSSR count). The van der Waals surface area contributed by atoms with Crippen molar-refractivity contribution in [2.75, 3.05) is 20.2 Å². The zero-order valence-corrected chi connectivity index (χ0v) is 22.8. The number of sulfonamides is 1. The normalized spacial score (nSPS) is 18.0. The van der Waals surface area contributed by atoms with Gasteiger partial charge in [-0.05, 0) is 66.9 Å². The van der Waals surface area contributed by atoms with Crippen LogP contribution in [0.25, 0.3) is 16.6 Å². The van der Waals surface area contributed by atoms with Crippen molar-refractivity contribution in [1.82, 2.24) is 23.9 Å². The Morgan fingerprint density at radius 2 is 1.70 bits per heavy atom. The van der Waals surface area contributed by atoms with E-state index in [4.69, 9.17) is 4.74 Å². The van der Waals surface area contributed by atoms with E-state index >= 15 is 0 Å². The van der Waals surface area contributed by atoms with Crippen LogP contribution in [0.5, 0.6) is 5.75 Å². The quantitative estimate of drug-likeness (QED) is 0.289. The van der Waals surface area contributed by atoms with Crippen molar-refractivity contribution in [2.24, 2.45) is 7.05 Å². The number of benzene rings is 3. The molecule has 3 heterocycles. The van der Waals surface area contributed by atoms with E-state index in [1.54, 1.807) is 55.5 Å². The average molecular weight is 564 g/mol. The highest BCUT2D eigenvalue weighted by atomic mass is 32.2. The van der Waals surface area contributed by atoms with Gasteiger partial charge in [0.25, 0.3) is 10.0 Å². The molecule has 1 fully saturated rings. The summed E-state index contributed by atoms with van der Waals surface area (Å²) >= 11 is 0. The third-order valence-electron chi connectivity index (χ3n) is 7.60. The number of halogens is 2. The van der Waals surface area contributed by atoms with Crippen LogP contribution in [0.15, 0.2) is 84.1 Å². The molecule has 0 bridgehead atoms. The number of rotatable bonds is 7. The van der Waals surface area contributed by atoms with Crippen molar-refractivity contribution >= 4 is 20.9 Å². The van der Waals surface area contributed by atoms with Gasteiger partial charge in [0.15, 0.2) is 5.03 Å². The summed E-state index contributed by atoms with van der Waals surface area (Å²) < 4.78 is 64.9. The van der Waals surface area contributed by atoms with Crippen molar-refractivity contribution in [1.29, 1.82) is 0 Å². The van der Waals surface area contributed by atoms with Gasteiger partial charge in [-0.1, -0.05) is 12.1 Å². The molecule has 0 amide bonds. The van der Waals surface area contributed by atoms with Crippen LogP contribution in [0.4, 0.5) is 8.78 Å². The van der Waals surface area contributed by atoms with E-state index in [1.165, 1.54) is 39.3 Å². The molecule has 1 unspecified atom stereocenters. The number of aromatic nitrogens is 4. The topological polar surface area (TPSA) is 82.3 Å². The number of hydrogen-bond donors (Lipinski definition) is 0. The van der Waals surface area contributed by atoms with Crippen LogP contribution in [0.2, 0.25) is 0 Å². The Balaban J connectivity index is 1.46. The Bertz CT molecular complexity index is 1800. The predicted octanol–water partition coefficient (Wildman–Crippen LogP) is 4.62. The summed E-state index contributed by atoms with van der Waals surface area (Å²) in [6.45, 7) is 0.480. The summed E-state index contributed by atoms with van der Waals surface area (Å²) in [6, 6.07) is 17.7. The highest BCUT2D eigenvalue weighted by Crippen LogP contribution is 2.45. The van der Waals surface area contributed by atoms with Gasteiger partial charge in [0.2, 0.25) is 0 Å². The van der Waals surface area contributed by atoms with Crippen molar-refractivity contribution in [2.45, 2.75) is 23.3 Å². The summed E-state index contributed by atoms with van der Waals surface area (Å²) in [4.78, 5) is 0. The second kappa shape index (κ2) is 9.83. The second-order valence-electron chi connectivity index (χ2n) is 10.1. The molecular weight excluding hydrogens is 536 g/mol. The molecule has 2 aromatic heterocycles. The highest BCUT2D eigenvalue weighted by Gasteiger charge is 2.46. The van der Waals surface area contributed by atoms with Crippen molar-refractivity contribution < 1.29 is 21.9 Å². The van der Waals surface area contributed by atoms with Crippen LogP contribution < -0.4 is 4.74 Å². The van der Waals surface area contributed by atoms with Gasteiger partial charge in [-0.3, -0.25) is 4.68 Å². The second-order valence-corrected chi connectivity index (χ2v) is 12.0. The minimum atomic E-state index is -3.84. The van der Waals surface area contributed by atoms with Gasteiger partial charge in [-0.25, -0.2) is 21.9 Å². The molecule has 3 aromatic carbocycles. The van der Waals surface area contributed by atoms with E-state index in [2.05, 4.69) is 10.2 Å². The Morgan fingerprint density at radius 3 is 2.35 bits per heavy atom. The summed E-state index contributed by atoms with van der Waals surface area (Å²) in [5.74, 6) is -0.0967. The highest BCUT2D eigenvalue weighted by molar-refractivity contribution is 7.89.